The van der Waals surface area contributed by atoms with E-state index < -0.39 is 71.1 Å². The molecule has 0 saturated carbocycles. The predicted octanol–water partition coefficient (Wildman–Crippen LogP) is 2.07. The van der Waals surface area contributed by atoms with Gasteiger partial charge in [-0.3, -0.25) is 14.4 Å². The second-order valence-electron chi connectivity index (χ2n) is 9.75. The summed E-state index contributed by atoms with van der Waals surface area (Å²) in [5, 5.41) is 22.7. The zero-order chi connectivity index (χ0) is 24.0. The fourth-order valence-corrected chi connectivity index (χ4v) is 5.66. The number of hydrogen-bond donors (Lipinski definition) is 2. The molecule has 32 heavy (non-hydrogen) atoms. The SMILES string of the molecule is CC(=O)O[C@H]1CC/C(C)=C\[C@@H]2OC(=O)[C@H](C)[C@@]2(O)[C@@H](OC(C)=O)[C@H]2[C@@H](C)[C@H](O)C=C[C@@]21C. The average Bonchev–Trinajstić information content (AvgIpc) is 2.90. The molecule has 0 spiro atoms. The van der Waals surface area contributed by atoms with Gasteiger partial charge >= 0.3 is 17.9 Å². The van der Waals surface area contributed by atoms with Crippen molar-refractivity contribution in [2.24, 2.45) is 23.2 Å². The van der Waals surface area contributed by atoms with Crippen LogP contribution in [0.25, 0.3) is 0 Å². The summed E-state index contributed by atoms with van der Waals surface area (Å²) in [7, 11) is 0. The Labute approximate surface area is 188 Å². The molecule has 2 aliphatic carbocycles. The number of aliphatic hydroxyl groups excluding tert-OH is 1. The molecule has 1 heterocycles. The molecule has 3 aliphatic rings. The molecule has 1 aliphatic heterocycles. The summed E-state index contributed by atoms with van der Waals surface area (Å²) < 4.78 is 17.1. The second kappa shape index (κ2) is 8.63. The molecule has 8 nitrogen and oxygen atoms in total. The van der Waals surface area contributed by atoms with Crippen molar-refractivity contribution in [2.75, 3.05) is 0 Å². The number of allylic oxidation sites excluding steroid dienone is 1. The Kier molecular flexibility index (Phi) is 6.60. The van der Waals surface area contributed by atoms with Gasteiger partial charge in [0, 0.05) is 25.2 Å². The molecule has 3 rings (SSSR count). The molecule has 0 bridgehead atoms. The topological polar surface area (TPSA) is 119 Å². The Morgan fingerprint density at radius 3 is 2.41 bits per heavy atom. The molecule has 1 fully saturated rings. The first kappa shape index (κ1) is 24.5. The number of fused-ring (bicyclic) bond motifs is 2. The summed E-state index contributed by atoms with van der Waals surface area (Å²) in [4.78, 5) is 36.8. The minimum absolute atomic E-state index is 0.450. The van der Waals surface area contributed by atoms with Gasteiger partial charge in [-0.1, -0.05) is 31.6 Å². The van der Waals surface area contributed by atoms with Crippen LogP contribution < -0.4 is 0 Å². The molecule has 0 radical (unpaired) electrons. The van der Waals surface area contributed by atoms with Crippen LogP contribution in [0.15, 0.2) is 23.8 Å². The van der Waals surface area contributed by atoms with Gasteiger partial charge in [0.05, 0.1) is 12.0 Å². The fourth-order valence-electron chi connectivity index (χ4n) is 5.66. The Balaban J connectivity index is 2.29. The van der Waals surface area contributed by atoms with Crippen molar-refractivity contribution < 1.29 is 38.8 Å². The number of rotatable bonds is 2. The number of carbonyl (C=O) groups excluding carboxylic acids is 3. The van der Waals surface area contributed by atoms with Gasteiger partial charge in [0.15, 0.2) is 11.7 Å². The molecule has 178 valence electrons. The lowest BCUT2D eigenvalue weighted by atomic mass is 9.56. The summed E-state index contributed by atoms with van der Waals surface area (Å²) in [6.45, 7) is 9.65. The average molecular weight is 451 g/mol. The molecule has 2 N–H and O–H groups in total. The van der Waals surface area contributed by atoms with Crippen molar-refractivity contribution in [1.82, 2.24) is 0 Å². The van der Waals surface area contributed by atoms with E-state index in [0.717, 1.165) is 5.57 Å². The van der Waals surface area contributed by atoms with E-state index >= 15 is 0 Å². The van der Waals surface area contributed by atoms with Crippen molar-refractivity contribution in [3.05, 3.63) is 23.8 Å². The number of aliphatic hydroxyl groups is 2. The summed E-state index contributed by atoms with van der Waals surface area (Å²) in [5.41, 5.74) is -1.91. The van der Waals surface area contributed by atoms with Crippen LogP contribution in [-0.2, 0) is 28.6 Å². The highest BCUT2D eigenvalue weighted by Gasteiger charge is 2.65. The molecular weight excluding hydrogens is 416 g/mol. The third kappa shape index (κ3) is 3.99. The minimum Gasteiger partial charge on any atom is -0.462 e. The first-order chi connectivity index (χ1) is 14.8. The Bertz CT molecular complexity index is 847. The van der Waals surface area contributed by atoms with Gasteiger partial charge in [-0.15, -0.1) is 0 Å². The van der Waals surface area contributed by atoms with Crippen molar-refractivity contribution in [2.45, 2.75) is 84.4 Å². The summed E-state index contributed by atoms with van der Waals surface area (Å²) in [5.74, 6) is -3.80. The lowest BCUT2D eigenvalue weighted by Crippen LogP contribution is -2.64. The maximum Gasteiger partial charge on any atom is 0.312 e. The molecule has 8 heteroatoms. The normalized spacial score (nSPS) is 45.6. The largest absolute Gasteiger partial charge is 0.462 e. The van der Waals surface area contributed by atoms with Crippen LogP contribution in [0.5, 0.6) is 0 Å². The highest BCUT2D eigenvalue weighted by molar-refractivity contribution is 5.77. The predicted molar refractivity (Wildman–Crippen MR) is 114 cm³/mol. The van der Waals surface area contributed by atoms with Gasteiger partial charge in [-0.25, -0.2) is 0 Å². The van der Waals surface area contributed by atoms with E-state index in [-0.39, 0.29) is 0 Å². The van der Waals surface area contributed by atoms with Crippen LogP contribution in [0.2, 0.25) is 0 Å². The first-order valence-electron chi connectivity index (χ1n) is 11.1. The van der Waals surface area contributed by atoms with E-state index in [9.17, 15) is 24.6 Å². The van der Waals surface area contributed by atoms with Gasteiger partial charge in [-0.2, -0.15) is 0 Å². The molecule has 1 saturated heterocycles. The molecule has 0 aromatic heterocycles. The Morgan fingerprint density at radius 2 is 1.81 bits per heavy atom. The highest BCUT2D eigenvalue weighted by Crippen LogP contribution is 2.53. The zero-order valence-electron chi connectivity index (χ0n) is 19.5. The van der Waals surface area contributed by atoms with Crippen LogP contribution in [0.3, 0.4) is 0 Å². The molecular formula is C24H34O8. The van der Waals surface area contributed by atoms with E-state index in [1.807, 2.05) is 13.8 Å². The Morgan fingerprint density at radius 1 is 1.19 bits per heavy atom. The summed E-state index contributed by atoms with van der Waals surface area (Å²) in [6, 6.07) is 0. The van der Waals surface area contributed by atoms with Gasteiger partial charge < -0.3 is 24.4 Å². The smallest absolute Gasteiger partial charge is 0.312 e. The maximum atomic E-state index is 12.6. The Hall–Kier alpha value is -2.19. The maximum absolute atomic E-state index is 12.6. The number of esters is 3. The monoisotopic (exact) mass is 450 g/mol. The summed E-state index contributed by atoms with van der Waals surface area (Å²) in [6.07, 6.45) is 2.44. The zero-order valence-corrected chi connectivity index (χ0v) is 19.5. The van der Waals surface area contributed by atoms with Gasteiger partial charge in [-0.05, 0) is 38.7 Å². The van der Waals surface area contributed by atoms with Crippen LogP contribution in [0.4, 0.5) is 0 Å². The van der Waals surface area contributed by atoms with Crippen molar-refractivity contribution in [3.8, 4) is 0 Å². The third-order valence-corrected chi connectivity index (χ3v) is 7.54. The third-order valence-electron chi connectivity index (χ3n) is 7.54. The van der Waals surface area contributed by atoms with Gasteiger partial charge in [0.1, 0.15) is 12.2 Å². The van der Waals surface area contributed by atoms with E-state index in [2.05, 4.69) is 0 Å². The highest BCUT2D eigenvalue weighted by atomic mass is 16.6. The lowest BCUT2D eigenvalue weighted by Gasteiger charge is -2.53. The quantitative estimate of drug-likeness (QED) is 0.373. The molecule has 9 atom stereocenters. The fraction of sp³-hybridized carbons (Fsp3) is 0.708. The van der Waals surface area contributed by atoms with E-state index in [4.69, 9.17) is 14.2 Å². The van der Waals surface area contributed by atoms with Crippen LogP contribution in [-0.4, -0.2) is 58.1 Å². The van der Waals surface area contributed by atoms with Crippen LogP contribution in [0.1, 0.15) is 54.4 Å². The van der Waals surface area contributed by atoms with Crippen LogP contribution >= 0.6 is 0 Å². The standard InChI is InChI=1S/C24H34O8/c1-12-7-8-18(30-15(4)25)23(6)10-9-17(27)13(2)20(23)21(31-16(5)26)24(29)14(3)22(28)32-19(24)11-12/h9-11,13-14,17-21,27,29H,7-8H2,1-6H3/b12-11-/t13-,14-,17+,18-,19-,20+,21-,23+,24-/m0/s1. The van der Waals surface area contributed by atoms with Gasteiger partial charge in [0.25, 0.3) is 0 Å². The van der Waals surface area contributed by atoms with Gasteiger partial charge in [0.2, 0.25) is 0 Å². The molecule has 0 aromatic carbocycles. The summed E-state index contributed by atoms with van der Waals surface area (Å²) >= 11 is 0. The van der Waals surface area contributed by atoms with Crippen molar-refractivity contribution >= 4 is 17.9 Å². The van der Waals surface area contributed by atoms with Crippen molar-refractivity contribution in [1.29, 1.82) is 0 Å². The molecule has 0 amide bonds. The molecule has 0 aromatic rings. The second-order valence-corrected chi connectivity index (χ2v) is 9.75. The minimum atomic E-state index is -1.87. The number of carbonyl (C=O) groups is 3. The van der Waals surface area contributed by atoms with Crippen LogP contribution in [0, 0.1) is 23.2 Å². The first-order valence-corrected chi connectivity index (χ1v) is 11.1. The van der Waals surface area contributed by atoms with Crippen molar-refractivity contribution in [3.63, 3.8) is 0 Å². The van der Waals surface area contributed by atoms with E-state index in [1.165, 1.54) is 13.8 Å². The number of hydrogen-bond acceptors (Lipinski definition) is 8. The van der Waals surface area contributed by atoms with E-state index in [1.54, 1.807) is 32.1 Å². The molecule has 0 unspecified atom stereocenters. The number of ether oxygens (including phenoxy) is 3. The lowest BCUT2D eigenvalue weighted by molar-refractivity contribution is -0.209. The van der Waals surface area contributed by atoms with E-state index in [0.29, 0.717) is 12.8 Å².